The van der Waals surface area contributed by atoms with Crippen LogP contribution in [-0.4, -0.2) is 15.9 Å². The van der Waals surface area contributed by atoms with E-state index in [1.807, 2.05) is 42.6 Å². The van der Waals surface area contributed by atoms with Gasteiger partial charge >= 0.3 is 0 Å². The van der Waals surface area contributed by atoms with Gasteiger partial charge in [0.2, 0.25) is 5.56 Å². The fraction of sp³-hybridized carbons (Fsp3) is 0.167. The Labute approximate surface area is 143 Å². The molecule has 0 aliphatic carbocycles. The molecule has 3 rings (SSSR count). The molecule has 0 aliphatic rings. The van der Waals surface area contributed by atoms with Crippen LogP contribution in [0.4, 0.5) is 0 Å². The van der Waals surface area contributed by atoms with Crippen molar-refractivity contribution in [2.24, 2.45) is 0 Å². The summed E-state index contributed by atoms with van der Waals surface area (Å²) in [6.07, 6.45) is 0. The van der Waals surface area contributed by atoms with Gasteiger partial charge < -0.3 is 10.3 Å². The molecule has 3 aromatic rings. The maximum atomic E-state index is 12.3. The molecule has 0 radical (unpaired) electrons. The van der Waals surface area contributed by atoms with Crippen molar-refractivity contribution < 1.29 is 4.79 Å². The van der Waals surface area contributed by atoms with Gasteiger partial charge in [-0.25, -0.2) is 4.98 Å². The summed E-state index contributed by atoms with van der Waals surface area (Å²) in [5, 5.41) is 5.66. The second-order valence-corrected chi connectivity index (χ2v) is 6.46. The quantitative estimate of drug-likeness (QED) is 0.766. The number of hydrogen-bond acceptors (Lipinski definition) is 4. The van der Waals surface area contributed by atoms with E-state index in [9.17, 15) is 9.59 Å². The van der Waals surface area contributed by atoms with Crippen LogP contribution in [0.2, 0.25) is 0 Å². The van der Waals surface area contributed by atoms with Gasteiger partial charge in [0.1, 0.15) is 10.7 Å². The zero-order chi connectivity index (χ0) is 17.1. The van der Waals surface area contributed by atoms with Gasteiger partial charge in [-0.3, -0.25) is 9.59 Å². The van der Waals surface area contributed by atoms with E-state index in [1.54, 1.807) is 13.0 Å². The number of aromatic nitrogens is 2. The van der Waals surface area contributed by atoms with Crippen molar-refractivity contribution in [1.29, 1.82) is 0 Å². The van der Waals surface area contributed by atoms with Crippen LogP contribution in [0.15, 0.2) is 52.6 Å². The number of aromatic amines is 1. The van der Waals surface area contributed by atoms with Gasteiger partial charge in [0.05, 0.1) is 11.7 Å². The number of hydrogen-bond donors (Lipinski definition) is 2. The Bertz CT molecular complexity index is 915. The number of nitrogens with zero attached hydrogens (tertiary/aromatic N) is 1. The van der Waals surface area contributed by atoms with Crippen molar-refractivity contribution in [2.75, 3.05) is 0 Å². The summed E-state index contributed by atoms with van der Waals surface area (Å²) >= 11 is 1.50. The van der Waals surface area contributed by atoms with E-state index in [2.05, 4.69) is 15.3 Å². The molecule has 1 unspecified atom stereocenters. The van der Waals surface area contributed by atoms with Gasteiger partial charge in [0.15, 0.2) is 0 Å². The van der Waals surface area contributed by atoms with Crippen LogP contribution in [0.1, 0.15) is 34.0 Å². The summed E-state index contributed by atoms with van der Waals surface area (Å²) < 4.78 is 0. The number of aryl methyl sites for hydroxylation is 1. The Balaban J connectivity index is 1.75. The summed E-state index contributed by atoms with van der Waals surface area (Å²) in [5.41, 5.74) is 2.65. The average molecular weight is 339 g/mol. The molecule has 24 heavy (non-hydrogen) atoms. The number of carbonyl (C=O) groups is 1. The topological polar surface area (TPSA) is 74.8 Å². The largest absolute Gasteiger partial charge is 0.342 e. The lowest BCUT2D eigenvalue weighted by Gasteiger charge is -2.11. The van der Waals surface area contributed by atoms with E-state index in [4.69, 9.17) is 0 Å². The lowest BCUT2D eigenvalue weighted by molar-refractivity contribution is 0.0934. The highest BCUT2D eigenvalue weighted by molar-refractivity contribution is 7.10. The van der Waals surface area contributed by atoms with Gasteiger partial charge in [0, 0.05) is 17.0 Å². The third kappa shape index (κ3) is 3.60. The molecule has 0 spiro atoms. The lowest BCUT2D eigenvalue weighted by Crippen LogP contribution is -2.29. The number of carbonyl (C=O) groups excluding carboxylic acids is 1. The number of rotatable bonds is 4. The minimum absolute atomic E-state index is 0.246. The van der Waals surface area contributed by atoms with Crippen LogP contribution in [-0.2, 0) is 0 Å². The van der Waals surface area contributed by atoms with Crippen molar-refractivity contribution in [3.63, 3.8) is 0 Å². The fourth-order valence-corrected chi connectivity index (χ4v) is 3.20. The molecule has 0 bridgehead atoms. The minimum Gasteiger partial charge on any atom is -0.342 e. The van der Waals surface area contributed by atoms with Crippen molar-refractivity contribution >= 4 is 17.2 Å². The highest BCUT2D eigenvalue weighted by atomic mass is 32.1. The molecule has 0 fully saturated rings. The molecule has 0 saturated carbocycles. The van der Waals surface area contributed by atoms with Crippen molar-refractivity contribution in [2.45, 2.75) is 19.9 Å². The van der Waals surface area contributed by atoms with Crippen LogP contribution >= 0.6 is 11.3 Å². The third-order valence-electron chi connectivity index (χ3n) is 3.54. The van der Waals surface area contributed by atoms with Crippen LogP contribution in [0.25, 0.3) is 11.3 Å². The normalized spacial score (nSPS) is 11.9. The zero-order valence-electron chi connectivity index (χ0n) is 13.4. The second kappa shape index (κ2) is 6.80. The Hall–Kier alpha value is -2.73. The van der Waals surface area contributed by atoms with E-state index in [-0.39, 0.29) is 23.2 Å². The SMILES string of the molecule is Cc1cc(C(=O)NC(C)c2nc(-c3ccccc3)cs2)[nH]c(=O)c1. The summed E-state index contributed by atoms with van der Waals surface area (Å²) in [7, 11) is 0. The Morgan fingerprint density at radius 2 is 2.00 bits per heavy atom. The van der Waals surface area contributed by atoms with E-state index in [0.29, 0.717) is 0 Å². The highest BCUT2D eigenvalue weighted by Gasteiger charge is 2.16. The van der Waals surface area contributed by atoms with E-state index in [0.717, 1.165) is 21.8 Å². The second-order valence-electron chi connectivity index (χ2n) is 5.57. The predicted molar refractivity (Wildman–Crippen MR) is 95.2 cm³/mol. The number of pyridine rings is 1. The zero-order valence-corrected chi connectivity index (χ0v) is 14.2. The van der Waals surface area contributed by atoms with Crippen molar-refractivity contribution in [3.8, 4) is 11.3 Å². The van der Waals surface area contributed by atoms with E-state index < -0.39 is 0 Å². The number of nitrogens with one attached hydrogen (secondary N) is 2. The van der Waals surface area contributed by atoms with E-state index >= 15 is 0 Å². The predicted octanol–water partition coefficient (Wildman–Crippen LogP) is 3.30. The van der Waals surface area contributed by atoms with Gasteiger partial charge in [-0.05, 0) is 25.5 Å². The molecule has 1 amide bonds. The molecule has 0 aliphatic heterocycles. The monoisotopic (exact) mass is 339 g/mol. The first-order chi connectivity index (χ1) is 11.5. The van der Waals surface area contributed by atoms with Crippen LogP contribution in [0.3, 0.4) is 0 Å². The average Bonchev–Trinajstić information content (AvgIpc) is 3.05. The number of benzene rings is 1. The standard InChI is InChI=1S/C18H17N3O2S/c1-11-8-14(20-16(22)9-11)17(23)19-12(2)18-21-15(10-24-18)13-6-4-3-5-7-13/h3-10,12H,1-2H3,(H,19,23)(H,20,22). The van der Waals surface area contributed by atoms with Crippen LogP contribution in [0.5, 0.6) is 0 Å². The molecular weight excluding hydrogens is 322 g/mol. The first kappa shape index (κ1) is 16.1. The van der Waals surface area contributed by atoms with Crippen LogP contribution < -0.4 is 10.9 Å². The smallest absolute Gasteiger partial charge is 0.268 e. The van der Waals surface area contributed by atoms with E-state index in [1.165, 1.54) is 17.4 Å². The van der Waals surface area contributed by atoms with Gasteiger partial charge in [-0.15, -0.1) is 11.3 Å². The van der Waals surface area contributed by atoms with Gasteiger partial charge in [0.25, 0.3) is 5.91 Å². The minimum atomic E-state index is -0.320. The Morgan fingerprint density at radius 3 is 2.71 bits per heavy atom. The fourth-order valence-electron chi connectivity index (χ4n) is 2.37. The molecule has 2 aromatic heterocycles. The summed E-state index contributed by atoms with van der Waals surface area (Å²) in [4.78, 5) is 30.9. The van der Waals surface area contributed by atoms with Crippen molar-refractivity contribution in [3.05, 3.63) is 74.5 Å². The number of amides is 1. The molecule has 2 heterocycles. The molecule has 0 saturated heterocycles. The summed E-state index contributed by atoms with van der Waals surface area (Å²) in [6, 6.07) is 12.8. The lowest BCUT2D eigenvalue weighted by atomic mass is 10.2. The number of thiazole rings is 1. The molecule has 1 aromatic carbocycles. The third-order valence-corrected chi connectivity index (χ3v) is 4.57. The van der Waals surface area contributed by atoms with Gasteiger partial charge in [-0.1, -0.05) is 30.3 Å². The summed E-state index contributed by atoms with van der Waals surface area (Å²) in [6.45, 7) is 3.65. The highest BCUT2D eigenvalue weighted by Crippen LogP contribution is 2.25. The maximum absolute atomic E-state index is 12.3. The molecule has 5 nitrogen and oxygen atoms in total. The molecule has 6 heteroatoms. The van der Waals surface area contributed by atoms with Crippen molar-refractivity contribution in [1.82, 2.24) is 15.3 Å². The Morgan fingerprint density at radius 1 is 1.25 bits per heavy atom. The molecular formula is C18H17N3O2S. The maximum Gasteiger partial charge on any atom is 0.268 e. The Kier molecular flexibility index (Phi) is 4.57. The molecule has 1 atom stereocenters. The molecule has 2 N–H and O–H groups in total. The van der Waals surface area contributed by atoms with Crippen LogP contribution in [0, 0.1) is 6.92 Å². The first-order valence-electron chi connectivity index (χ1n) is 7.55. The first-order valence-corrected chi connectivity index (χ1v) is 8.43. The summed E-state index contributed by atoms with van der Waals surface area (Å²) in [5.74, 6) is -0.320. The van der Waals surface area contributed by atoms with Gasteiger partial charge in [-0.2, -0.15) is 0 Å². The molecule has 122 valence electrons. The number of H-pyrrole nitrogens is 1.